The predicted octanol–water partition coefficient (Wildman–Crippen LogP) is 5.89. The highest BCUT2D eigenvalue weighted by molar-refractivity contribution is 5.79. The van der Waals surface area contributed by atoms with E-state index in [0.29, 0.717) is 34.4 Å². The second-order valence-corrected chi connectivity index (χ2v) is 12.0. The summed E-state index contributed by atoms with van der Waals surface area (Å²) in [4.78, 5) is 12.1. The van der Waals surface area contributed by atoms with E-state index in [1.54, 1.807) is 5.57 Å². The Morgan fingerprint density at radius 3 is 2.50 bits per heavy atom. The van der Waals surface area contributed by atoms with Gasteiger partial charge in [0.2, 0.25) is 0 Å². The lowest BCUT2D eigenvalue weighted by atomic mass is 9.47. The van der Waals surface area contributed by atoms with Crippen molar-refractivity contribution in [1.29, 1.82) is 0 Å². The third-order valence-electron chi connectivity index (χ3n) is 10.5. The molecule has 0 aromatic carbocycles. The summed E-state index contributed by atoms with van der Waals surface area (Å²) in [6, 6.07) is 0. The maximum atomic E-state index is 12.1. The van der Waals surface area contributed by atoms with Gasteiger partial charge >= 0.3 is 0 Å². The van der Waals surface area contributed by atoms with Crippen LogP contribution in [0, 0.1) is 46.3 Å². The monoisotopic (exact) mass is 416 g/mol. The third-order valence-corrected chi connectivity index (χ3v) is 10.5. The molecule has 0 saturated heterocycles. The van der Waals surface area contributed by atoms with Crippen LogP contribution in [0.4, 0.5) is 0 Å². The van der Waals surface area contributed by atoms with Gasteiger partial charge in [-0.3, -0.25) is 4.79 Å². The van der Waals surface area contributed by atoms with Crippen LogP contribution in [0.5, 0.6) is 0 Å². The minimum absolute atomic E-state index is 0.0250. The number of fused-ring (bicyclic) bond motifs is 5. The van der Waals surface area contributed by atoms with Crippen molar-refractivity contribution in [3.05, 3.63) is 11.6 Å². The summed E-state index contributed by atoms with van der Waals surface area (Å²) in [7, 11) is 0. The Morgan fingerprint density at radius 1 is 1.03 bits per heavy atom. The molecule has 0 aromatic heterocycles. The van der Waals surface area contributed by atoms with Crippen LogP contribution in [-0.4, -0.2) is 22.3 Å². The molecule has 0 heterocycles. The number of hydrogen-bond acceptors (Lipinski definition) is 3. The average Bonchev–Trinajstić information content (AvgIpc) is 3.05. The van der Waals surface area contributed by atoms with Crippen LogP contribution in [-0.2, 0) is 4.79 Å². The molecule has 3 unspecified atom stereocenters. The topological polar surface area (TPSA) is 57.5 Å². The van der Waals surface area contributed by atoms with Crippen molar-refractivity contribution in [3.63, 3.8) is 0 Å². The number of carbonyl (C=O) groups is 1. The summed E-state index contributed by atoms with van der Waals surface area (Å²) in [6.07, 6.45) is 13.8. The van der Waals surface area contributed by atoms with Gasteiger partial charge in [0.05, 0.1) is 0 Å². The lowest BCUT2D eigenvalue weighted by molar-refractivity contribution is -0.127. The van der Waals surface area contributed by atoms with Gasteiger partial charge in [0.1, 0.15) is 5.78 Å². The Hall–Kier alpha value is -0.670. The molecule has 2 N–H and O–H groups in total. The Balaban J connectivity index is 1.45. The highest BCUT2D eigenvalue weighted by atomic mass is 16.5. The second-order valence-electron chi connectivity index (χ2n) is 12.0. The first kappa shape index (κ1) is 22.5. The molecule has 3 nitrogen and oxygen atoms in total. The fourth-order valence-electron chi connectivity index (χ4n) is 8.39. The Bertz CT molecular complexity index is 682. The zero-order valence-electron chi connectivity index (χ0n) is 19.7. The largest absolute Gasteiger partial charge is 0.368 e. The number of carbonyl (C=O) groups excluding carboxylic acids is 1. The fraction of sp³-hybridized carbons (Fsp3) is 0.889. The molecule has 4 aliphatic carbocycles. The van der Waals surface area contributed by atoms with Crippen LogP contribution < -0.4 is 0 Å². The van der Waals surface area contributed by atoms with Gasteiger partial charge in [0.25, 0.3) is 0 Å². The molecule has 3 saturated carbocycles. The molecule has 4 aliphatic rings. The first-order valence-electron chi connectivity index (χ1n) is 12.7. The molecule has 0 aromatic rings. The zero-order chi connectivity index (χ0) is 21.7. The molecule has 3 fully saturated rings. The molecule has 0 aliphatic heterocycles. The molecule has 170 valence electrons. The van der Waals surface area contributed by atoms with Crippen molar-refractivity contribution in [1.82, 2.24) is 0 Å². The molecule has 4 rings (SSSR count). The molecule has 0 amide bonds. The maximum absolute atomic E-state index is 12.1. The van der Waals surface area contributed by atoms with Gasteiger partial charge in [-0.1, -0.05) is 52.2 Å². The summed E-state index contributed by atoms with van der Waals surface area (Å²) in [5, 5.41) is 18.7. The van der Waals surface area contributed by atoms with Gasteiger partial charge in [-0.2, -0.15) is 0 Å². The number of hydrogen-bond donors (Lipinski definition) is 2. The predicted molar refractivity (Wildman–Crippen MR) is 121 cm³/mol. The first-order valence-corrected chi connectivity index (χ1v) is 12.7. The van der Waals surface area contributed by atoms with E-state index < -0.39 is 6.29 Å². The fourth-order valence-corrected chi connectivity index (χ4v) is 8.39. The summed E-state index contributed by atoms with van der Waals surface area (Å²) >= 11 is 0. The summed E-state index contributed by atoms with van der Waals surface area (Å²) < 4.78 is 0. The van der Waals surface area contributed by atoms with Crippen LogP contribution in [0.25, 0.3) is 0 Å². The van der Waals surface area contributed by atoms with Crippen LogP contribution in [0.1, 0.15) is 98.3 Å². The van der Waals surface area contributed by atoms with Gasteiger partial charge in [-0.15, -0.1) is 0 Å². The maximum Gasteiger partial charge on any atom is 0.154 e. The molecule has 30 heavy (non-hydrogen) atoms. The van der Waals surface area contributed by atoms with Crippen LogP contribution >= 0.6 is 0 Å². The Labute approximate surface area is 183 Å². The Morgan fingerprint density at radius 2 is 1.77 bits per heavy atom. The van der Waals surface area contributed by atoms with Crippen LogP contribution in [0.2, 0.25) is 0 Å². The number of rotatable bonds is 6. The van der Waals surface area contributed by atoms with E-state index in [4.69, 9.17) is 0 Å². The van der Waals surface area contributed by atoms with Crippen molar-refractivity contribution in [3.8, 4) is 0 Å². The number of aliphatic hydroxyl groups is 2. The molecular formula is C27H44O3. The zero-order valence-corrected chi connectivity index (χ0v) is 19.7. The molecule has 0 radical (unpaired) electrons. The smallest absolute Gasteiger partial charge is 0.154 e. The highest BCUT2D eigenvalue weighted by Crippen LogP contribution is 2.66. The minimum atomic E-state index is -1.18. The van der Waals surface area contributed by atoms with Gasteiger partial charge in [-0.05, 0) is 85.4 Å². The van der Waals surface area contributed by atoms with E-state index in [1.165, 1.54) is 32.1 Å². The van der Waals surface area contributed by atoms with E-state index in [9.17, 15) is 15.0 Å². The minimum Gasteiger partial charge on any atom is -0.368 e. The molecular weight excluding hydrogens is 372 g/mol. The molecule has 0 bridgehead atoms. The van der Waals surface area contributed by atoms with Crippen molar-refractivity contribution in [2.24, 2.45) is 46.3 Å². The van der Waals surface area contributed by atoms with E-state index in [-0.39, 0.29) is 5.92 Å². The summed E-state index contributed by atoms with van der Waals surface area (Å²) in [6.45, 7) is 9.48. The average molecular weight is 417 g/mol. The summed E-state index contributed by atoms with van der Waals surface area (Å²) in [5.41, 5.74) is 2.56. The lowest BCUT2D eigenvalue weighted by Gasteiger charge is -2.57. The van der Waals surface area contributed by atoms with Gasteiger partial charge in [0.15, 0.2) is 6.29 Å². The van der Waals surface area contributed by atoms with Crippen molar-refractivity contribution in [2.75, 3.05) is 0 Å². The van der Waals surface area contributed by atoms with Crippen LogP contribution in [0.15, 0.2) is 11.6 Å². The van der Waals surface area contributed by atoms with E-state index >= 15 is 0 Å². The number of ketones is 1. The first-order chi connectivity index (χ1) is 14.2. The number of allylic oxidation sites excluding steroid dienone is 2. The van der Waals surface area contributed by atoms with Crippen molar-refractivity contribution < 1.29 is 15.0 Å². The highest BCUT2D eigenvalue weighted by Gasteiger charge is 2.58. The number of aliphatic hydroxyl groups excluding tert-OH is 1. The third kappa shape index (κ3) is 3.72. The normalized spacial score (nSPS) is 42.9. The van der Waals surface area contributed by atoms with E-state index in [2.05, 4.69) is 26.8 Å². The van der Waals surface area contributed by atoms with E-state index in [1.807, 2.05) is 6.92 Å². The van der Waals surface area contributed by atoms with Gasteiger partial charge in [-0.25, -0.2) is 0 Å². The lowest BCUT2D eigenvalue weighted by Crippen LogP contribution is -2.49. The van der Waals surface area contributed by atoms with Crippen molar-refractivity contribution in [2.45, 2.75) is 105 Å². The second kappa shape index (κ2) is 8.35. The van der Waals surface area contributed by atoms with E-state index in [0.717, 1.165) is 50.4 Å². The SMILES string of the molecule is CC(CCC[C@H](C)C(O)O)[C@H]1CCC2C3=CC[C@H]4CC(=O)CC[C@]4(C)C3CC[C@@]21C. The molecule has 3 heteroatoms. The van der Waals surface area contributed by atoms with Gasteiger partial charge < -0.3 is 10.2 Å². The summed E-state index contributed by atoms with van der Waals surface area (Å²) in [5.74, 6) is 4.00. The number of Topliss-reactive ketones (excluding diaryl/α,β-unsaturated/α-hetero) is 1. The standard InChI is InChI=1S/C27H44O3/c1-17(6-5-7-18(2)25(29)30)22-10-11-23-21-9-8-19-16-20(28)12-14-26(19,3)24(21)13-15-27(22,23)4/h9,17-19,22-25,29-30H,5-8,10-16H2,1-4H3/t17?,18-,19-,22+,23?,24?,26-,27+/m0/s1. The molecule has 8 atom stereocenters. The Kier molecular flexibility index (Phi) is 6.27. The van der Waals surface area contributed by atoms with Crippen molar-refractivity contribution >= 4 is 5.78 Å². The van der Waals surface area contributed by atoms with Gasteiger partial charge in [0, 0.05) is 18.8 Å². The molecule has 0 spiro atoms. The quantitative estimate of drug-likeness (QED) is 0.419. The van der Waals surface area contributed by atoms with Crippen LogP contribution in [0.3, 0.4) is 0 Å².